The number of hydrogen-bond donors (Lipinski definition) is 3. The van der Waals surface area contributed by atoms with Gasteiger partial charge in [0, 0.05) is 17.8 Å². The second-order valence-corrected chi connectivity index (χ2v) is 6.71. The molecule has 27 heavy (non-hydrogen) atoms. The van der Waals surface area contributed by atoms with E-state index >= 15 is 0 Å². The third-order valence-corrected chi connectivity index (χ3v) is 4.61. The molecule has 2 amide bonds. The average Bonchev–Trinajstić information content (AvgIpc) is 3.17. The number of aromatic nitrogens is 2. The number of aromatic amines is 1. The predicted octanol–water partition coefficient (Wildman–Crippen LogP) is 3.56. The van der Waals surface area contributed by atoms with Gasteiger partial charge in [0.25, 0.3) is 5.91 Å². The molecular weight excluding hydrogens is 360 g/mol. The van der Waals surface area contributed by atoms with Crippen LogP contribution in [0.5, 0.6) is 0 Å². The van der Waals surface area contributed by atoms with Gasteiger partial charge in [0.05, 0.1) is 17.6 Å². The summed E-state index contributed by atoms with van der Waals surface area (Å²) in [5.74, 6) is -0.106. The SMILES string of the molecule is CCNC(=O)c1cccc(NC(=O)CSc2ncc(-c3ccccc3)[nH]2)c1. The molecule has 3 rings (SSSR count). The van der Waals surface area contributed by atoms with Crippen molar-refractivity contribution in [2.45, 2.75) is 12.1 Å². The van der Waals surface area contributed by atoms with E-state index in [2.05, 4.69) is 20.6 Å². The highest BCUT2D eigenvalue weighted by Gasteiger charge is 2.09. The number of nitrogens with zero attached hydrogens (tertiary/aromatic N) is 1. The molecule has 0 atom stereocenters. The zero-order chi connectivity index (χ0) is 19.1. The molecule has 3 N–H and O–H groups in total. The lowest BCUT2D eigenvalue weighted by atomic mass is 10.2. The lowest BCUT2D eigenvalue weighted by Gasteiger charge is -2.07. The number of H-pyrrole nitrogens is 1. The van der Waals surface area contributed by atoms with Gasteiger partial charge in [0.15, 0.2) is 5.16 Å². The van der Waals surface area contributed by atoms with Crippen molar-refractivity contribution in [3.8, 4) is 11.3 Å². The molecule has 0 saturated carbocycles. The topological polar surface area (TPSA) is 86.9 Å². The fourth-order valence-electron chi connectivity index (χ4n) is 2.47. The Labute approximate surface area is 161 Å². The van der Waals surface area contributed by atoms with Crippen molar-refractivity contribution in [3.05, 3.63) is 66.4 Å². The normalized spacial score (nSPS) is 10.4. The molecule has 0 unspecified atom stereocenters. The molecule has 2 aromatic carbocycles. The maximum Gasteiger partial charge on any atom is 0.251 e. The molecule has 0 aliphatic rings. The Morgan fingerprint density at radius 2 is 1.93 bits per heavy atom. The van der Waals surface area contributed by atoms with Crippen LogP contribution < -0.4 is 10.6 Å². The van der Waals surface area contributed by atoms with Crippen molar-refractivity contribution in [1.29, 1.82) is 0 Å². The van der Waals surface area contributed by atoms with Gasteiger partial charge in [-0.3, -0.25) is 9.59 Å². The van der Waals surface area contributed by atoms with Gasteiger partial charge in [0.2, 0.25) is 5.91 Å². The van der Waals surface area contributed by atoms with Gasteiger partial charge in [-0.1, -0.05) is 48.2 Å². The first kappa shape index (κ1) is 18.7. The van der Waals surface area contributed by atoms with Crippen molar-refractivity contribution in [3.63, 3.8) is 0 Å². The molecule has 0 fully saturated rings. The molecule has 7 heteroatoms. The quantitative estimate of drug-likeness (QED) is 0.547. The van der Waals surface area contributed by atoms with E-state index in [4.69, 9.17) is 0 Å². The molecule has 3 aromatic rings. The lowest BCUT2D eigenvalue weighted by molar-refractivity contribution is -0.113. The summed E-state index contributed by atoms with van der Waals surface area (Å²) in [5, 5.41) is 6.22. The number of benzene rings is 2. The fourth-order valence-corrected chi connectivity index (χ4v) is 3.12. The van der Waals surface area contributed by atoms with E-state index in [0.717, 1.165) is 11.3 Å². The molecular formula is C20H20N4O2S. The third-order valence-electron chi connectivity index (χ3n) is 3.72. The first-order valence-corrected chi connectivity index (χ1v) is 9.55. The van der Waals surface area contributed by atoms with E-state index in [1.807, 2.05) is 37.3 Å². The van der Waals surface area contributed by atoms with Gasteiger partial charge in [0.1, 0.15) is 0 Å². The van der Waals surface area contributed by atoms with Crippen LogP contribution >= 0.6 is 11.8 Å². The summed E-state index contributed by atoms with van der Waals surface area (Å²) in [6, 6.07) is 16.7. The van der Waals surface area contributed by atoms with E-state index in [-0.39, 0.29) is 17.6 Å². The van der Waals surface area contributed by atoms with Crippen LogP contribution in [0.1, 0.15) is 17.3 Å². The minimum Gasteiger partial charge on any atom is -0.352 e. The summed E-state index contributed by atoms with van der Waals surface area (Å²) < 4.78 is 0. The van der Waals surface area contributed by atoms with Crippen molar-refractivity contribution in [2.75, 3.05) is 17.6 Å². The molecule has 6 nitrogen and oxygen atoms in total. The van der Waals surface area contributed by atoms with E-state index in [1.54, 1.807) is 30.5 Å². The van der Waals surface area contributed by atoms with Crippen molar-refractivity contribution in [1.82, 2.24) is 15.3 Å². The number of amides is 2. The maximum atomic E-state index is 12.2. The van der Waals surface area contributed by atoms with Crippen molar-refractivity contribution in [2.24, 2.45) is 0 Å². The van der Waals surface area contributed by atoms with Crippen LogP contribution in [0.2, 0.25) is 0 Å². The second-order valence-electron chi connectivity index (χ2n) is 5.75. The summed E-state index contributed by atoms with van der Waals surface area (Å²) in [6.45, 7) is 2.42. The molecule has 0 radical (unpaired) electrons. The maximum absolute atomic E-state index is 12.2. The minimum atomic E-state index is -0.161. The van der Waals surface area contributed by atoms with Crippen LogP contribution in [0.3, 0.4) is 0 Å². The average molecular weight is 380 g/mol. The summed E-state index contributed by atoms with van der Waals surface area (Å²) in [5.41, 5.74) is 3.06. The molecule has 0 aliphatic heterocycles. The number of hydrogen-bond acceptors (Lipinski definition) is 4. The van der Waals surface area contributed by atoms with Crippen molar-refractivity contribution < 1.29 is 9.59 Å². The highest BCUT2D eigenvalue weighted by molar-refractivity contribution is 7.99. The zero-order valence-corrected chi connectivity index (χ0v) is 15.7. The van der Waals surface area contributed by atoms with Gasteiger partial charge >= 0.3 is 0 Å². The summed E-state index contributed by atoms with van der Waals surface area (Å²) >= 11 is 1.32. The minimum absolute atomic E-state index is 0.160. The monoisotopic (exact) mass is 380 g/mol. The largest absolute Gasteiger partial charge is 0.352 e. The van der Waals surface area contributed by atoms with Crippen LogP contribution in [-0.2, 0) is 4.79 Å². The van der Waals surface area contributed by atoms with Crippen LogP contribution in [0.15, 0.2) is 66.0 Å². The van der Waals surface area contributed by atoms with E-state index in [0.29, 0.717) is 23.0 Å². The van der Waals surface area contributed by atoms with Crippen LogP contribution in [0.4, 0.5) is 5.69 Å². The molecule has 1 aromatic heterocycles. The van der Waals surface area contributed by atoms with Crippen LogP contribution in [-0.4, -0.2) is 34.1 Å². The van der Waals surface area contributed by atoms with E-state index in [9.17, 15) is 9.59 Å². The lowest BCUT2D eigenvalue weighted by Crippen LogP contribution is -2.23. The molecule has 0 aliphatic carbocycles. The standard InChI is InChI=1S/C20H20N4O2S/c1-2-21-19(26)15-9-6-10-16(11-15)23-18(25)13-27-20-22-12-17(24-20)14-7-4-3-5-8-14/h3-12H,2,13H2,1H3,(H,21,26)(H,22,24)(H,23,25). The molecule has 1 heterocycles. The van der Waals surface area contributed by atoms with Gasteiger partial charge in [-0.2, -0.15) is 0 Å². The molecule has 138 valence electrons. The van der Waals surface area contributed by atoms with Gasteiger partial charge in [-0.15, -0.1) is 0 Å². The predicted molar refractivity (Wildman–Crippen MR) is 108 cm³/mol. The first-order valence-electron chi connectivity index (χ1n) is 8.57. The van der Waals surface area contributed by atoms with Crippen LogP contribution in [0.25, 0.3) is 11.3 Å². The summed E-state index contributed by atoms with van der Waals surface area (Å²) in [4.78, 5) is 31.6. The van der Waals surface area contributed by atoms with Gasteiger partial charge in [-0.25, -0.2) is 4.98 Å². The van der Waals surface area contributed by atoms with E-state index < -0.39 is 0 Å². The molecule has 0 bridgehead atoms. The number of carbonyl (C=O) groups is 2. The first-order chi connectivity index (χ1) is 13.2. The molecule has 0 saturated heterocycles. The van der Waals surface area contributed by atoms with Gasteiger partial charge < -0.3 is 15.6 Å². The van der Waals surface area contributed by atoms with Crippen LogP contribution in [0, 0.1) is 0 Å². The Hall–Kier alpha value is -3.06. The number of anilines is 1. The summed E-state index contributed by atoms with van der Waals surface area (Å²) in [6.07, 6.45) is 1.76. The smallest absolute Gasteiger partial charge is 0.251 e. The Balaban J connectivity index is 1.55. The molecule has 0 spiro atoms. The van der Waals surface area contributed by atoms with E-state index in [1.165, 1.54) is 11.8 Å². The second kappa shape index (κ2) is 9.05. The summed E-state index contributed by atoms with van der Waals surface area (Å²) in [7, 11) is 0. The Morgan fingerprint density at radius 1 is 1.11 bits per heavy atom. The number of carbonyl (C=O) groups excluding carboxylic acids is 2. The van der Waals surface area contributed by atoms with Gasteiger partial charge in [-0.05, 0) is 30.7 Å². The Morgan fingerprint density at radius 3 is 2.70 bits per heavy atom. The fraction of sp³-hybridized carbons (Fsp3) is 0.150. The van der Waals surface area contributed by atoms with Crippen molar-refractivity contribution >= 4 is 29.3 Å². The highest BCUT2D eigenvalue weighted by atomic mass is 32.2. The number of imidazole rings is 1. The number of rotatable bonds is 7. The zero-order valence-electron chi connectivity index (χ0n) is 14.9. The number of nitrogens with one attached hydrogen (secondary N) is 3. The highest BCUT2D eigenvalue weighted by Crippen LogP contribution is 2.21. The Kier molecular flexibility index (Phi) is 6.27. The number of thioether (sulfide) groups is 1. The third kappa shape index (κ3) is 5.21. The Bertz CT molecular complexity index is 924.